The highest BCUT2D eigenvalue weighted by atomic mass is 32.1. The van der Waals surface area contributed by atoms with E-state index in [9.17, 15) is 0 Å². The van der Waals surface area contributed by atoms with E-state index >= 15 is 0 Å². The Kier molecular flexibility index (Phi) is 7.20. The Morgan fingerprint density at radius 2 is 1.86 bits per heavy atom. The summed E-state index contributed by atoms with van der Waals surface area (Å²) in [5.74, 6) is 0. The lowest BCUT2D eigenvalue weighted by atomic mass is 10.1. The highest BCUT2D eigenvalue weighted by Gasteiger charge is 2.03. The van der Waals surface area contributed by atoms with E-state index in [-0.39, 0.29) is 0 Å². The summed E-state index contributed by atoms with van der Waals surface area (Å²) in [7, 11) is 0. The van der Waals surface area contributed by atoms with Crippen LogP contribution in [-0.2, 0) is 0 Å². The van der Waals surface area contributed by atoms with Crippen molar-refractivity contribution in [2.45, 2.75) is 26.2 Å². The van der Waals surface area contributed by atoms with Gasteiger partial charge in [-0.25, -0.2) is 0 Å². The lowest BCUT2D eigenvalue weighted by molar-refractivity contribution is 0.283. The molecule has 3 heteroatoms. The van der Waals surface area contributed by atoms with E-state index in [1.165, 1.54) is 16.1 Å². The number of hydrogen-bond donors (Lipinski definition) is 1. The maximum Gasteiger partial charge on any atom is 0.0431 e. The third-order valence-electron chi connectivity index (χ3n) is 3.71. The Hall–Kier alpha value is -1.58. The number of benzene rings is 1. The molecule has 0 radical (unpaired) electrons. The number of unbranched alkanes of at least 4 members (excludes halogenated alkanes) is 2. The van der Waals surface area contributed by atoms with Crippen molar-refractivity contribution in [1.82, 2.24) is 0 Å². The van der Waals surface area contributed by atoms with Crippen LogP contribution in [0.25, 0.3) is 12.2 Å². The molecular formula is C19H25NOS. The fourth-order valence-corrected chi connectivity index (χ4v) is 3.04. The first kappa shape index (κ1) is 16.8. The summed E-state index contributed by atoms with van der Waals surface area (Å²) in [6.45, 7) is 4.57. The number of anilines is 1. The normalized spacial score (nSPS) is 11.2. The molecule has 1 heterocycles. The van der Waals surface area contributed by atoms with Crippen molar-refractivity contribution in [3.63, 3.8) is 0 Å². The number of nitrogens with zero attached hydrogens (tertiary/aromatic N) is 1. The van der Waals surface area contributed by atoms with Crippen molar-refractivity contribution in [3.05, 3.63) is 52.2 Å². The summed E-state index contributed by atoms with van der Waals surface area (Å²) in [6, 6.07) is 12.9. The number of rotatable bonds is 9. The maximum atomic E-state index is 8.84. The van der Waals surface area contributed by atoms with Gasteiger partial charge in [-0.2, -0.15) is 0 Å². The Morgan fingerprint density at radius 3 is 2.50 bits per heavy atom. The van der Waals surface area contributed by atoms with Gasteiger partial charge in [-0.1, -0.05) is 24.3 Å². The summed E-state index contributed by atoms with van der Waals surface area (Å²) < 4.78 is 0. The van der Waals surface area contributed by atoms with E-state index < -0.39 is 0 Å². The van der Waals surface area contributed by atoms with Crippen molar-refractivity contribution in [3.8, 4) is 0 Å². The first-order valence-electron chi connectivity index (χ1n) is 8.01. The Labute approximate surface area is 137 Å². The summed E-state index contributed by atoms with van der Waals surface area (Å²) >= 11 is 1.75. The minimum atomic E-state index is 0.303. The van der Waals surface area contributed by atoms with Gasteiger partial charge in [-0.05, 0) is 61.4 Å². The Bertz CT molecular complexity index is 545. The molecule has 2 aromatic rings. The van der Waals surface area contributed by atoms with Crippen LogP contribution in [0.2, 0.25) is 0 Å². The summed E-state index contributed by atoms with van der Waals surface area (Å²) in [4.78, 5) is 3.67. The zero-order valence-corrected chi connectivity index (χ0v) is 14.1. The molecule has 0 amide bonds. The summed E-state index contributed by atoms with van der Waals surface area (Å²) in [6.07, 6.45) is 7.45. The largest absolute Gasteiger partial charge is 0.396 e. The molecule has 1 aromatic carbocycles. The third kappa shape index (κ3) is 5.32. The number of aliphatic hydroxyl groups excluding tert-OH is 1. The Balaban J connectivity index is 1.91. The van der Waals surface area contributed by atoms with E-state index in [1.807, 2.05) is 0 Å². The van der Waals surface area contributed by atoms with Gasteiger partial charge in [0.2, 0.25) is 0 Å². The summed E-state index contributed by atoms with van der Waals surface area (Å²) in [5.41, 5.74) is 2.51. The molecule has 0 unspecified atom stereocenters. The van der Waals surface area contributed by atoms with Crippen LogP contribution in [0.3, 0.4) is 0 Å². The van der Waals surface area contributed by atoms with Crippen LogP contribution in [0, 0.1) is 0 Å². The molecule has 0 spiro atoms. The van der Waals surface area contributed by atoms with E-state index in [1.54, 1.807) is 11.3 Å². The van der Waals surface area contributed by atoms with Gasteiger partial charge in [0, 0.05) is 30.3 Å². The van der Waals surface area contributed by atoms with Gasteiger partial charge in [0.1, 0.15) is 0 Å². The maximum absolute atomic E-state index is 8.84. The molecule has 0 aliphatic rings. The molecule has 0 aliphatic carbocycles. The fourth-order valence-electron chi connectivity index (χ4n) is 2.42. The van der Waals surface area contributed by atoms with Gasteiger partial charge in [0.05, 0.1) is 0 Å². The molecule has 22 heavy (non-hydrogen) atoms. The standard InChI is InChI=1S/C19H25NOS/c1-2-20(14-4-3-5-15-21)18-11-8-17(9-12-18)10-13-19-7-6-16-22-19/h6-13,16,21H,2-5,14-15H2,1H3/b13-10+. The molecular weight excluding hydrogens is 290 g/mol. The highest BCUT2D eigenvalue weighted by molar-refractivity contribution is 7.10. The Morgan fingerprint density at radius 1 is 1.05 bits per heavy atom. The molecule has 2 nitrogen and oxygen atoms in total. The van der Waals surface area contributed by atoms with Crippen molar-refractivity contribution < 1.29 is 5.11 Å². The van der Waals surface area contributed by atoms with Gasteiger partial charge < -0.3 is 10.0 Å². The smallest absolute Gasteiger partial charge is 0.0431 e. The molecule has 1 N–H and O–H groups in total. The third-order valence-corrected chi connectivity index (χ3v) is 4.55. The first-order chi connectivity index (χ1) is 10.8. The van der Waals surface area contributed by atoms with Crippen LogP contribution < -0.4 is 4.90 Å². The molecule has 0 bridgehead atoms. The highest BCUT2D eigenvalue weighted by Crippen LogP contribution is 2.18. The van der Waals surface area contributed by atoms with E-state index in [2.05, 4.69) is 65.8 Å². The molecule has 0 aliphatic heterocycles. The van der Waals surface area contributed by atoms with Gasteiger partial charge in [-0.3, -0.25) is 0 Å². The van der Waals surface area contributed by atoms with Gasteiger partial charge in [0.15, 0.2) is 0 Å². The van der Waals surface area contributed by atoms with E-state index in [0.29, 0.717) is 6.61 Å². The van der Waals surface area contributed by atoms with Crippen molar-refractivity contribution >= 4 is 29.2 Å². The first-order valence-corrected chi connectivity index (χ1v) is 8.89. The molecule has 2 rings (SSSR count). The monoisotopic (exact) mass is 315 g/mol. The lowest BCUT2D eigenvalue weighted by Crippen LogP contribution is -2.23. The zero-order chi connectivity index (χ0) is 15.6. The molecule has 0 saturated carbocycles. The van der Waals surface area contributed by atoms with Crippen molar-refractivity contribution in [2.75, 3.05) is 24.6 Å². The average Bonchev–Trinajstić information content (AvgIpc) is 3.07. The SMILES string of the molecule is CCN(CCCCCO)c1ccc(/C=C/c2cccs2)cc1. The van der Waals surface area contributed by atoms with Crippen LogP contribution in [0.4, 0.5) is 5.69 Å². The second-order valence-electron chi connectivity index (χ2n) is 5.30. The van der Waals surface area contributed by atoms with Crippen LogP contribution >= 0.6 is 11.3 Å². The molecule has 0 saturated heterocycles. The van der Waals surface area contributed by atoms with Crippen LogP contribution in [-0.4, -0.2) is 24.8 Å². The average molecular weight is 315 g/mol. The second-order valence-corrected chi connectivity index (χ2v) is 6.28. The molecule has 0 fully saturated rings. The topological polar surface area (TPSA) is 23.5 Å². The van der Waals surface area contributed by atoms with Crippen LogP contribution in [0.15, 0.2) is 41.8 Å². The van der Waals surface area contributed by atoms with Crippen molar-refractivity contribution in [2.24, 2.45) is 0 Å². The fraction of sp³-hybridized carbons (Fsp3) is 0.368. The second kappa shape index (κ2) is 9.44. The molecule has 0 atom stereocenters. The minimum Gasteiger partial charge on any atom is -0.396 e. The van der Waals surface area contributed by atoms with E-state index in [0.717, 1.165) is 32.4 Å². The number of hydrogen-bond acceptors (Lipinski definition) is 3. The van der Waals surface area contributed by atoms with Crippen LogP contribution in [0.1, 0.15) is 36.6 Å². The molecule has 1 aromatic heterocycles. The van der Waals surface area contributed by atoms with Crippen molar-refractivity contribution in [1.29, 1.82) is 0 Å². The van der Waals surface area contributed by atoms with E-state index in [4.69, 9.17) is 5.11 Å². The molecule has 118 valence electrons. The summed E-state index contributed by atoms with van der Waals surface area (Å²) in [5, 5.41) is 10.9. The van der Waals surface area contributed by atoms with Gasteiger partial charge in [0.25, 0.3) is 0 Å². The number of aliphatic hydroxyl groups is 1. The quantitative estimate of drug-likeness (QED) is 0.665. The predicted octanol–water partition coefficient (Wildman–Crippen LogP) is 4.91. The lowest BCUT2D eigenvalue weighted by Gasteiger charge is -2.23. The zero-order valence-electron chi connectivity index (χ0n) is 13.2. The van der Waals surface area contributed by atoms with Gasteiger partial charge in [-0.15, -0.1) is 11.3 Å². The van der Waals surface area contributed by atoms with Gasteiger partial charge >= 0.3 is 0 Å². The minimum absolute atomic E-state index is 0.303. The van der Waals surface area contributed by atoms with Crippen LogP contribution in [0.5, 0.6) is 0 Å². The number of thiophene rings is 1. The predicted molar refractivity (Wildman–Crippen MR) is 98.5 cm³/mol.